The molecule has 0 spiro atoms. The number of aromatic nitrogens is 1. The maximum absolute atomic E-state index is 12.9. The fourth-order valence-corrected chi connectivity index (χ4v) is 5.06. The number of anilines is 1. The molecule has 0 fully saturated rings. The summed E-state index contributed by atoms with van der Waals surface area (Å²) in [7, 11) is 0. The summed E-state index contributed by atoms with van der Waals surface area (Å²) in [5.41, 5.74) is 2.69. The van der Waals surface area contributed by atoms with Crippen LogP contribution in [0.1, 0.15) is 27.0 Å². The van der Waals surface area contributed by atoms with Crippen molar-refractivity contribution in [2.75, 3.05) is 5.32 Å². The monoisotopic (exact) mass is 479 g/mol. The lowest BCUT2D eigenvalue weighted by atomic mass is 10.1. The maximum Gasteiger partial charge on any atom is 0.267 e. The number of hydrogen-bond donors (Lipinski definition) is 2. The molecule has 0 saturated carbocycles. The van der Waals surface area contributed by atoms with Crippen LogP contribution >= 0.6 is 35.2 Å². The van der Waals surface area contributed by atoms with E-state index >= 15 is 0 Å². The van der Waals surface area contributed by atoms with Crippen LogP contribution in [0, 0.1) is 3.95 Å². The average Bonchev–Trinajstić information content (AvgIpc) is 3.16. The maximum atomic E-state index is 12.9. The normalized spacial score (nSPS) is 14.9. The second-order valence-electron chi connectivity index (χ2n) is 7.22. The Hall–Kier alpha value is -3.13. The number of halogens is 1. The first-order valence-corrected chi connectivity index (χ1v) is 11.6. The van der Waals surface area contributed by atoms with Crippen molar-refractivity contribution >= 4 is 46.9 Å². The molecule has 1 atom stereocenters. The third kappa shape index (κ3) is 4.02. The first-order valence-electron chi connectivity index (χ1n) is 9.95. The van der Waals surface area contributed by atoms with Gasteiger partial charge in [-0.3, -0.25) is 9.36 Å². The number of carbonyl (C=O) groups excluding carboxylic acids is 1. The SMILES string of the molecule is O=C1N[C@H](c2cccc(OCc3ccccc3Cl)c2)Nc2c1sc(=S)n2-c1ccccc1. The molecule has 32 heavy (non-hydrogen) atoms. The molecule has 0 aliphatic carbocycles. The van der Waals surface area contributed by atoms with Crippen LogP contribution in [0.2, 0.25) is 5.02 Å². The van der Waals surface area contributed by atoms with E-state index in [-0.39, 0.29) is 5.91 Å². The van der Waals surface area contributed by atoms with Crippen molar-refractivity contribution in [1.29, 1.82) is 0 Å². The predicted octanol–water partition coefficient (Wildman–Crippen LogP) is 6.35. The van der Waals surface area contributed by atoms with Gasteiger partial charge in [0, 0.05) is 16.3 Å². The Balaban J connectivity index is 1.42. The molecule has 1 aliphatic heterocycles. The number of benzene rings is 3. The molecule has 0 radical (unpaired) electrons. The van der Waals surface area contributed by atoms with Gasteiger partial charge in [0.05, 0.1) is 0 Å². The number of thiazole rings is 1. The van der Waals surface area contributed by atoms with E-state index in [0.29, 0.717) is 32.0 Å². The highest BCUT2D eigenvalue weighted by Crippen LogP contribution is 2.35. The molecule has 8 heteroatoms. The first kappa shape index (κ1) is 20.8. The number of hydrogen-bond acceptors (Lipinski definition) is 5. The molecule has 0 saturated heterocycles. The van der Waals surface area contributed by atoms with Crippen molar-refractivity contribution in [2.24, 2.45) is 0 Å². The fourth-order valence-electron chi connectivity index (χ4n) is 3.57. The predicted molar refractivity (Wildman–Crippen MR) is 131 cm³/mol. The molecule has 5 nitrogen and oxygen atoms in total. The smallest absolute Gasteiger partial charge is 0.267 e. The Bertz CT molecular complexity index is 1350. The summed E-state index contributed by atoms with van der Waals surface area (Å²) in [6.45, 7) is 0.357. The van der Waals surface area contributed by atoms with Crippen molar-refractivity contribution in [1.82, 2.24) is 9.88 Å². The van der Waals surface area contributed by atoms with E-state index in [1.54, 1.807) is 0 Å². The zero-order valence-electron chi connectivity index (χ0n) is 16.7. The van der Waals surface area contributed by atoms with Crippen molar-refractivity contribution in [3.63, 3.8) is 0 Å². The van der Waals surface area contributed by atoms with Crippen molar-refractivity contribution < 1.29 is 9.53 Å². The van der Waals surface area contributed by atoms with Crippen LogP contribution < -0.4 is 15.4 Å². The van der Waals surface area contributed by atoms with E-state index in [0.717, 1.165) is 16.8 Å². The largest absolute Gasteiger partial charge is 0.489 e. The Morgan fingerprint density at radius 3 is 2.59 bits per heavy atom. The number of ether oxygens (including phenoxy) is 1. The summed E-state index contributed by atoms with van der Waals surface area (Å²) in [5.74, 6) is 1.23. The summed E-state index contributed by atoms with van der Waals surface area (Å²) in [5, 5.41) is 7.12. The van der Waals surface area contributed by atoms with Gasteiger partial charge < -0.3 is 15.4 Å². The minimum Gasteiger partial charge on any atom is -0.489 e. The van der Waals surface area contributed by atoms with Crippen LogP contribution in [-0.2, 0) is 6.61 Å². The molecule has 0 unspecified atom stereocenters. The zero-order valence-corrected chi connectivity index (χ0v) is 19.1. The second-order valence-corrected chi connectivity index (χ2v) is 9.27. The summed E-state index contributed by atoms with van der Waals surface area (Å²) in [6, 6.07) is 25.0. The molecular formula is C24H18ClN3O2S2. The van der Waals surface area contributed by atoms with Crippen molar-refractivity contribution in [2.45, 2.75) is 12.8 Å². The van der Waals surface area contributed by atoms with Gasteiger partial charge in [0.2, 0.25) is 0 Å². The van der Waals surface area contributed by atoms with Crippen LogP contribution in [0.4, 0.5) is 5.82 Å². The van der Waals surface area contributed by atoms with E-state index in [4.69, 9.17) is 28.6 Å². The molecule has 3 aromatic carbocycles. The summed E-state index contributed by atoms with van der Waals surface area (Å²) >= 11 is 13.1. The van der Waals surface area contributed by atoms with Gasteiger partial charge in [-0.15, -0.1) is 0 Å². The van der Waals surface area contributed by atoms with E-state index in [1.807, 2.05) is 83.4 Å². The van der Waals surface area contributed by atoms with Gasteiger partial charge in [-0.25, -0.2) is 0 Å². The molecule has 1 aliphatic rings. The molecule has 0 bridgehead atoms. The van der Waals surface area contributed by atoms with Gasteiger partial charge in [0.15, 0.2) is 3.95 Å². The molecule has 5 rings (SSSR count). The number of amides is 1. The Morgan fingerprint density at radius 1 is 1.00 bits per heavy atom. The second kappa shape index (κ2) is 8.78. The molecule has 2 heterocycles. The lowest BCUT2D eigenvalue weighted by Gasteiger charge is -2.27. The lowest BCUT2D eigenvalue weighted by molar-refractivity contribution is 0.0939. The number of carbonyl (C=O) groups is 1. The van der Waals surface area contributed by atoms with Crippen molar-refractivity contribution in [3.8, 4) is 11.4 Å². The lowest BCUT2D eigenvalue weighted by Crippen LogP contribution is -2.38. The van der Waals surface area contributed by atoms with E-state index < -0.39 is 6.17 Å². The Labute approximate surface area is 199 Å². The minimum absolute atomic E-state index is 0.156. The fraction of sp³-hybridized carbons (Fsp3) is 0.0833. The van der Waals surface area contributed by atoms with Crippen LogP contribution in [0.5, 0.6) is 5.75 Å². The molecule has 2 N–H and O–H groups in total. The van der Waals surface area contributed by atoms with Gasteiger partial charge in [0.1, 0.15) is 29.2 Å². The third-order valence-electron chi connectivity index (χ3n) is 5.13. The summed E-state index contributed by atoms with van der Waals surface area (Å²) in [6.07, 6.45) is -0.419. The molecular weight excluding hydrogens is 462 g/mol. The third-order valence-corrected chi connectivity index (χ3v) is 6.87. The van der Waals surface area contributed by atoms with Gasteiger partial charge in [-0.05, 0) is 48.1 Å². The van der Waals surface area contributed by atoms with Crippen molar-refractivity contribution in [3.05, 3.63) is 104 Å². The number of fused-ring (bicyclic) bond motifs is 1. The van der Waals surface area contributed by atoms with Crippen LogP contribution in [0.3, 0.4) is 0 Å². The summed E-state index contributed by atoms with van der Waals surface area (Å²) < 4.78 is 8.47. The molecule has 160 valence electrons. The van der Waals surface area contributed by atoms with E-state index in [2.05, 4.69) is 10.6 Å². The zero-order chi connectivity index (χ0) is 22.1. The van der Waals surface area contributed by atoms with Gasteiger partial charge in [-0.2, -0.15) is 0 Å². The number of nitrogens with one attached hydrogen (secondary N) is 2. The molecule has 4 aromatic rings. The Kier molecular flexibility index (Phi) is 5.70. The molecule has 1 aromatic heterocycles. The van der Waals surface area contributed by atoms with E-state index in [9.17, 15) is 4.79 Å². The minimum atomic E-state index is -0.419. The number of para-hydroxylation sites is 1. The number of rotatable bonds is 5. The summed E-state index contributed by atoms with van der Waals surface area (Å²) in [4.78, 5) is 13.4. The molecule has 1 amide bonds. The standard InChI is InChI=1S/C24H18ClN3O2S2/c25-19-12-5-4-7-16(19)14-30-18-11-6-8-15(13-18)21-26-22-20(23(29)27-21)32-24(31)28(22)17-9-2-1-3-10-17/h1-13,21,26H,14H2,(H,27,29)/t21-/m1/s1. The first-order chi connectivity index (χ1) is 15.6. The van der Waals surface area contributed by atoms with Gasteiger partial charge in [0.25, 0.3) is 5.91 Å². The number of nitrogens with zero attached hydrogens (tertiary/aromatic N) is 1. The average molecular weight is 480 g/mol. The Morgan fingerprint density at radius 2 is 1.78 bits per heavy atom. The van der Waals surface area contributed by atoms with E-state index in [1.165, 1.54) is 11.3 Å². The van der Waals surface area contributed by atoms with Crippen LogP contribution in [0.25, 0.3) is 5.69 Å². The van der Waals surface area contributed by atoms with Gasteiger partial charge >= 0.3 is 0 Å². The van der Waals surface area contributed by atoms with Crippen LogP contribution in [0.15, 0.2) is 78.9 Å². The topological polar surface area (TPSA) is 55.3 Å². The highest BCUT2D eigenvalue weighted by molar-refractivity contribution is 7.73. The highest BCUT2D eigenvalue weighted by atomic mass is 35.5. The quantitative estimate of drug-likeness (QED) is 0.327. The van der Waals surface area contributed by atoms with Gasteiger partial charge in [-0.1, -0.05) is 71.5 Å². The highest BCUT2D eigenvalue weighted by Gasteiger charge is 2.30. The van der Waals surface area contributed by atoms with Crippen LogP contribution in [-0.4, -0.2) is 10.5 Å².